The van der Waals surface area contributed by atoms with Crippen molar-refractivity contribution < 1.29 is 22.7 Å². The van der Waals surface area contributed by atoms with Crippen LogP contribution < -0.4 is 10.1 Å². The molecule has 3 rings (SSSR count). The Labute approximate surface area is 148 Å². The Morgan fingerprint density at radius 3 is 2.38 bits per heavy atom. The number of benzene rings is 3. The monoisotopic (exact) mass is 359 g/mol. The molecule has 0 saturated heterocycles. The summed E-state index contributed by atoms with van der Waals surface area (Å²) in [5.74, 6) is -0.163. The summed E-state index contributed by atoms with van der Waals surface area (Å²) in [4.78, 5) is 12.3. The zero-order valence-corrected chi connectivity index (χ0v) is 13.9. The van der Waals surface area contributed by atoms with Crippen molar-refractivity contribution >= 4 is 22.4 Å². The Bertz CT molecular complexity index is 932. The molecular weight excluding hydrogens is 343 g/mol. The molecule has 0 aliphatic carbocycles. The number of anilines is 1. The number of alkyl halides is 3. The van der Waals surface area contributed by atoms with E-state index < -0.39 is 23.8 Å². The standard InChI is InChI=1S/C20H16F3NO2/c1-13(26-18-12-6-8-14-7-2-3-9-15(14)18)19(25)24-17-11-5-4-10-16(17)20(21,22)23/h2-13H,1H3,(H,24,25). The summed E-state index contributed by atoms with van der Waals surface area (Å²) in [5.41, 5.74) is -1.19. The molecule has 0 spiro atoms. The van der Waals surface area contributed by atoms with Crippen molar-refractivity contribution in [1.82, 2.24) is 0 Å². The molecule has 0 bridgehead atoms. The number of hydrogen-bond acceptors (Lipinski definition) is 2. The van der Waals surface area contributed by atoms with Gasteiger partial charge in [-0.2, -0.15) is 13.2 Å². The van der Waals surface area contributed by atoms with Crippen LogP contribution in [0.2, 0.25) is 0 Å². The third-order valence-corrected chi connectivity index (χ3v) is 3.91. The summed E-state index contributed by atoms with van der Waals surface area (Å²) in [7, 11) is 0. The van der Waals surface area contributed by atoms with Gasteiger partial charge in [0.2, 0.25) is 0 Å². The van der Waals surface area contributed by atoms with Crippen molar-refractivity contribution in [3.05, 3.63) is 72.3 Å². The maximum Gasteiger partial charge on any atom is 0.418 e. The normalized spacial score (nSPS) is 12.6. The highest BCUT2D eigenvalue weighted by atomic mass is 19.4. The van der Waals surface area contributed by atoms with Crippen molar-refractivity contribution in [1.29, 1.82) is 0 Å². The number of fused-ring (bicyclic) bond motifs is 1. The molecule has 0 saturated carbocycles. The van der Waals surface area contributed by atoms with Gasteiger partial charge in [-0.1, -0.05) is 48.5 Å². The molecule has 6 heteroatoms. The quantitative estimate of drug-likeness (QED) is 0.690. The Morgan fingerprint density at radius 1 is 0.962 bits per heavy atom. The third-order valence-electron chi connectivity index (χ3n) is 3.91. The first-order valence-electron chi connectivity index (χ1n) is 7.98. The summed E-state index contributed by atoms with van der Waals surface area (Å²) in [6, 6.07) is 17.8. The number of halogens is 3. The zero-order chi connectivity index (χ0) is 18.7. The lowest BCUT2D eigenvalue weighted by Gasteiger charge is -2.18. The van der Waals surface area contributed by atoms with Gasteiger partial charge in [0.05, 0.1) is 11.3 Å². The molecule has 0 heterocycles. The molecule has 0 radical (unpaired) electrons. The number of para-hydroxylation sites is 1. The summed E-state index contributed by atoms with van der Waals surface area (Å²) < 4.78 is 44.8. The van der Waals surface area contributed by atoms with Crippen LogP contribution in [0.15, 0.2) is 66.7 Å². The van der Waals surface area contributed by atoms with Crippen LogP contribution in [0, 0.1) is 0 Å². The number of rotatable bonds is 4. The lowest BCUT2D eigenvalue weighted by Crippen LogP contribution is -2.31. The molecule has 3 aromatic rings. The number of nitrogens with one attached hydrogen (secondary N) is 1. The lowest BCUT2D eigenvalue weighted by atomic mass is 10.1. The van der Waals surface area contributed by atoms with Crippen LogP contribution in [-0.4, -0.2) is 12.0 Å². The highest BCUT2D eigenvalue weighted by molar-refractivity contribution is 5.95. The maximum absolute atomic E-state index is 13.0. The van der Waals surface area contributed by atoms with E-state index in [1.54, 1.807) is 12.1 Å². The molecule has 26 heavy (non-hydrogen) atoms. The number of amides is 1. The molecule has 1 N–H and O–H groups in total. The zero-order valence-electron chi connectivity index (χ0n) is 13.9. The van der Waals surface area contributed by atoms with Crippen LogP contribution in [-0.2, 0) is 11.0 Å². The topological polar surface area (TPSA) is 38.3 Å². The fourth-order valence-corrected chi connectivity index (χ4v) is 2.62. The molecule has 3 nitrogen and oxygen atoms in total. The van der Waals surface area contributed by atoms with Crippen LogP contribution in [0.25, 0.3) is 10.8 Å². The van der Waals surface area contributed by atoms with E-state index in [4.69, 9.17) is 4.74 Å². The van der Waals surface area contributed by atoms with Gasteiger partial charge in [-0.05, 0) is 30.5 Å². The molecule has 134 valence electrons. The predicted octanol–water partition coefficient (Wildman–Crippen LogP) is 5.26. The van der Waals surface area contributed by atoms with Gasteiger partial charge < -0.3 is 10.1 Å². The van der Waals surface area contributed by atoms with E-state index in [0.717, 1.165) is 16.8 Å². The largest absolute Gasteiger partial charge is 0.480 e. The highest BCUT2D eigenvalue weighted by Gasteiger charge is 2.34. The second-order valence-corrected chi connectivity index (χ2v) is 5.77. The maximum atomic E-state index is 13.0. The van der Waals surface area contributed by atoms with Gasteiger partial charge >= 0.3 is 6.18 Å². The minimum atomic E-state index is -4.55. The SMILES string of the molecule is CC(Oc1cccc2ccccc12)C(=O)Nc1ccccc1C(F)(F)F. The fourth-order valence-electron chi connectivity index (χ4n) is 2.62. The van der Waals surface area contributed by atoms with Crippen molar-refractivity contribution in [2.45, 2.75) is 19.2 Å². The summed E-state index contributed by atoms with van der Waals surface area (Å²) in [6.07, 6.45) is -5.52. The molecular formula is C20H16F3NO2. The fraction of sp³-hybridized carbons (Fsp3) is 0.150. The molecule has 0 aliphatic rings. The van der Waals surface area contributed by atoms with Gasteiger partial charge in [0.1, 0.15) is 5.75 Å². The van der Waals surface area contributed by atoms with E-state index in [9.17, 15) is 18.0 Å². The predicted molar refractivity (Wildman–Crippen MR) is 94.1 cm³/mol. The summed E-state index contributed by atoms with van der Waals surface area (Å²) >= 11 is 0. The van der Waals surface area contributed by atoms with E-state index >= 15 is 0 Å². The number of carbonyl (C=O) groups excluding carboxylic acids is 1. The highest BCUT2D eigenvalue weighted by Crippen LogP contribution is 2.34. The molecule has 0 fully saturated rings. The second kappa shape index (κ2) is 7.07. The number of ether oxygens (including phenoxy) is 1. The average molecular weight is 359 g/mol. The molecule has 0 aliphatic heterocycles. The van der Waals surface area contributed by atoms with Gasteiger partial charge in [0, 0.05) is 5.39 Å². The molecule has 1 amide bonds. The van der Waals surface area contributed by atoms with Crippen LogP contribution in [0.1, 0.15) is 12.5 Å². The first kappa shape index (κ1) is 17.8. The van der Waals surface area contributed by atoms with Crippen LogP contribution in [0.3, 0.4) is 0 Å². The van der Waals surface area contributed by atoms with Gasteiger partial charge in [-0.15, -0.1) is 0 Å². The van der Waals surface area contributed by atoms with Gasteiger partial charge in [-0.25, -0.2) is 0 Å². The van der Waals surface area contributed by atoms with E-state index in [1.165, 1.54) is 25.1 Å². The summed E-state index contributed by atoms with van der Waals surface area (Å²) in [5, 5.41) is 4.07. The first-order chi connectivity index (χ1) is 12.4. The van der Waals surface area contributed by atoms with Crippen LogP contribution in [0.4, 0.5) is 18.9 Å². The van der Waals surface area contributed by atoms with E-state index in [0.29, 0.717) is 5.75 Å². The van der Waals surface area contributed by atoms with Crippen molar-refractivity contribution in [2.75, 3.05) is 5.32 Å². The smallest absolute Gasteiger partial charge is 0.418 e. The van der Waals surface area contributed by atoms with E-state index in [1.807, 2.05) is 30.3 Å². The van der Waals surface area contributed by atoms with Crippen LogP contribution in [0.5, 0.6) is 5.75 Å². The first-order valence-corrected chi connectivity index (χ1v) is 7.98. The van der Waals surface area contributed by atoms with Crippen molar-refractivity contribution in [3.8, 4) is 5.75 Å². The Kier molecular flexibility index (Phi) is 4.84. The minimum absolute atomic E-state index is 0.293. The Balaban J connectivity index is 1.79. The second-order valence-electron chi connectivity index (χ2n) is 5.77. The Hall–Kier alpha value is -3.02. The minimum Gasteiger partial charge on any atom is -0.480 e. The van der Waals surface area contributed by atoms with E-state index in [-0.39, 0.29) is 5.69 Å². The Morgan fingerprint density at radius 2 is 1.62 bits per heavy atom. The number of carbonyl (C=O) groups is 1. The van der Waals surface area contributed by atoms with E-state index in [2.05, 4.69) is 5.32 Å². The third kappa shape index (κ3) is 3.79. The van der Waals surface area contributed by atoms with Gasteiger partial charge in [0.25, 0.3) is 5.91 Å². The summed E-state index contributed by atoms with van der Waals surface area (Å²) in [6.45, 7) is 1.49. The van der Waals surface area contributed by atoms with Crippen LogP contribution >= 0.6 is 0 Å². The lowest BCUT2D eigenvalue weighted by molar-refractivity contribution is -0.137. The average Bonchev–Trinajstić information content (AvgIpc) is 2.61. The van der Waals surface area contributed by atoms with Gasteiger partial charge in [-0.3, -0.25) is 4.79 Å². The molecule has 1 atom stereocenters. The molecule has 1 unspecified atom stereocenters. The van der Waals surface area contributed by atoms with Crippen molar-refractivity contribution in [2.24, 2.45) is 0 Å². The number of hydrogen-bond donors (Lipinski definition) is 1. The van der Waals surface area contributed by atoms with Crippen molar-refractivity contribution in [3.63, 3.8) is 0 Å². The molecule has 3 aromatic carbocycles. The van der Waals surface area contributed by atoms with Gasteiger partial charge in [0.15, 0.2) is 6.10 Å². The molecule has 0 aromatic heterocycles.